The molecule has 29 heavy (non-hydrogen) atoms. The van der Waals surface area contributed by atoms with Crippen molar-refractivity contribution < 1.29 is 14.3 Å². The average molecular weight is 412 g/mol. The molecule has 150 valence electrons. The van der Waals surface area contributed by atoms with E-state index >= 15 is 0 Å². The summed E-state index contributed by atoms with van der Waals surface area (Å²) in [6, 6.07) is 3.51. The molecule has 0 radical (unpaired) electrons. The Kier molecular flexibility index (Phi) is 4.49. The molecule has 1 aliphatic heterocycles. The van der Waals surface area contributed by atoms with Gasteiger partial charge in [0.05, 0.1) is 12.8 Å². The number of methoxy groups -OCH3 is 1. The largest absolute Gasteiger partial charge is 0.465 e. The van der Waals surface area contributed by atoms with E-state index in [2.05, 4.69) is 15.3 Å². The van der Waals surface area contributed by atoms with Gasteiger partial charge in [-0.1, -0.05) is 0 Å². The Morgan fingerprint density at radius 3 is 2.72 bits per heavy atom. The highest BCUT2D eigenvalue weighted by Crippen LogP contribution is 2.27. The van der Waals surface area contributed by atoms with Crippen LogP contribution in [0.2, 0.25) is 0 Å². The summed E-state index contributed by atoms with van der Waals surface area (Å²) in [5.74, 6) is -0.645. The molecule has 0 saturated carbocycles. The van der Waals surface area contributed by atoms with Crippen LogP contribution in [0, 0.1) is 6.92 Å². The van der Waals surface area contributed by atoms with Gasteiger partial charge in [-0.2, -0.15) is 0 Å². The van der Waals surface area contributed by atoms with Crippen LogP contribution in [0.1, 0.15) is 50.8 Å². The number of nitrogens with zero attached hydrogens (tertiary/aromatic N) is 3. The number of ether oxygens (including phenoxy) is 1. The van der Waals surface area contributed by atoms with E-state index in [1.807, 2.05) is 6.92 Å². The lowest BCUT2D eigenvalue weighted by Gasteiger charge is -2.22. The number of hydrogen-bond donors (Lipinski definition) is 1. The number of hydrogen-bond acceptors (Lipinski definition) is 7. The maximum absolute atomic E-state index is 13.1. The first-order chi connectivity index (χ1) is 13.7. The van der Waals surface area contributed by atoms with Gasteiger partial charge in [-0.15, -0.1) is 11.3 Å². The monoisotopic (exact) mass is 412 g/mol. The third-order valence-electron chi connectivity index (χ3n) is 5.09. The first-order valence-corrected chi connectivity index (χ1v) is 9.95. The van der Waals surface area contributed by atoms with Crippen molar-refractivity contribution in [2.45, 2.75) is 39.3 Å². The molecule has 0 spiro atoms. The van der Waals surface area contributed by atoms with Crippen molar-refractivity contribution in [2.75, 3.05) is 7.11 Å². The molecule has 3 aromatic rings. The molecule has 0 bridgehead atoms. The fraction of sp³-hybridized carbons (Fsp3) is 0.350. The van der Waals surface area contributed by atoms with Crippen LogP contribution >= 0.6 is 11.3 Å². The second-order valence-electron chi connectivity index (χ2n) is 7.50. The van der Waals surface area contributed by atoms with Gasteiger partial charge in [0.1, 0.15) is 27.4 Å². The van der Waals surface area contributed by atoms with Gasteiger partial charge in [0.2, 0.25) is 0 Å². The van der Waals surface area contributed by atoms with E-state index in [-0.39, 0.29) is 11.5 Å². The van der Waals surface area contributed by atoms with Crippen molar-refractivity contribution in [1.29, 1.82) is 0 Å². The molecule has 0 unspecified atom stereocenters. The van der Waals surface area contributed by atoms with Crippen molar-refractivity contribution in [3.05, 3.63) is 56.2 Å². The Bertz CT molecular complexity index is 1230. The molecule has 0 aliphatic carbocycles. The minimum Gasteiger partial charge on any atom is -0.465 e. The molecule has 8 nitrogen and oxygen atoms in total. The molecule has 1 N–H and O–H groups in total. The molecule has 0 atom stereocenters. The predicted molar refractivity (Wildman–Crippen MR) is 108 cm³/mol. The van der Waals surface area contributed by atoms with Crippen LogP contribution in [0.3, 0.4) is 0 Å². The predicted octanol–water partition coefficient (Wildman–Crippen LogP) is 2.17. The van der Waals surface area contributed by atoms with Gasteiger partial charge in [0, 0.05) is 10.9 Å². The normalized spacial score (nSPS) is 14.7. The summed E-state index contributed by atoms with van der Waals surface area (Å²) in [6.07, 6.45) is 2.42. The van der Waals surface area contributed by atoms with Crippen molar-refractivity contribution >= 4 is 33.4 Å². The summed E-state index contributed by atoms with van der Waals surface area (Å²) in [5, 5.41) is 3.63. The van der Waals surface area contributed by atoms with Crippen LogP contribution in [0.5, 0.6) is 0 Å². The third-order valence-corrected chi connectivity index (χ3v) is 6.11. The number of carbonyl (C=O) groups excluding carboxylic acids is 2. The van der Waals surface area contributed by atoms with E-state index < -0.39 is 11.6 Å². The topological polar surface area (TPSA) is 103 Å². The fourth-order valence-electron chi connectivity index (χ4n) is 3.76. The zero-order valence-corrected chi connectivity index (χ0v) is 17.3. The maximum Gasteiger partial charge on any atom is 0.348 e. The molecule has 1 aliphatic rings. The van der Waals surface area contributed by atoms with E-state index in [1.54, 1.807) is 26.0 Å². The van der Waals surface area contributed by atoms with Crippen molar-refractivity contribution in [2.24, 2.45) is 0 Å². The number of nitrogens with one attached hydrogen (secondary N) is 1. The number of carbonyl (C=O) groups is 2. The number of aryl methyl sites for hydroxylation is 3. The summed E-state index contributed by atoms with van der Waals surface area (Å²) in [7, 11) is 1.34. The van der Waals surface area contributed by atoms with Crippen LogP contribution in [-0.4, -0.2) is 33.5 Å². The molecule has 0 fully saturated rings. The Labute approximate surface area is 170 Å². The standard InChI is InChI=1S/C20H20N4O4S/c1-10-7-11(18(26)24-15(10)16(25)23-20(24,2)3)5-6-13-12-8-14(19(27)28-4)29-17(12)22-9-21-13/h7-9H,5-6H2,1-4H3,(H,23,25). The summed E-state index contributed by atoms with van der Waals surface area (Å²) in [6.45, 7) is 5.44. The highest BCUT2D eigenvalue weighted by Gasteiger charge is 2.37. The van der Waals surface area contributed by atoms with E-state index in [9.17, 15) is 14.4 Å². The van der Waals surface area contributed by atoms with Crippen LogP contribution in [0.25, 0.3) is 10.2 Å². The van der Waals surface area contributed by atoms with Crippen LogP contribution in [0.4, 0.5) is 0 Å². The van der Waals surface area contributed by atoms with Crippen LogP contribution in [0.15, 0.2) is 23.3 Å². The average Bonchev–Trinajstić information content (AvgIpc) is 3.21. The summed E-state index contributed by atoms with van der Waals surface area (Å²) in [4.78, 5) is 46.9. The number of rotatable bonds is 4. The van der Waals surface area contributed by atoms with Crippen LogP contribution in [-0.2, 0) is 23.2 Å². The van der Waals surface area contributed by atoms with Gasteiger partial charge in [-0.25, -0.2) is 14.8 Å². The summed E-state index contributed by atoms with van der Waals surface area (Å²) in [5.41, 5.74) is 1.60. The zero-order valence-electron chi connectivity index (χ0n) is 16.5. The van der Waals surface area contributed by atoms with E-state index in [0.29, 0.717) is 33.8 Å². The van der Waals surface area contributed by atoms with Crippen molar-refractivity contribution in [3.63, 3.8) is 0 Å². The van der Waals surface area contributed by atoms with Gasteiger partial charge in [0.25, 0.3) is 11.5 Å². The lowest BCUT2D eigenvalue weighted by molar-refractivity contribution is 0.0606. The minimum atomic E-state index is -0.769. The van der Waals surface area contributed by atoms with Gasteiger partial charge < -0.3 is 10.1 Å². The second kappa shape index (κ2) is 6.77. The van der Waals surface area contributed by atoms with Gasteiger partial charge in [-0.3, -0.25) is 14.2 Å². The second-order valence-corrected chi connectivity index (χ2v) is 8.53. The highest BCUT2D eigenvalue weighted by molar-refractivity contribution is 7.20. The molecule has 4 rings (SSSR count). The lowest BCUT2D eigenvalue weighted by Crippen LogP contribution is -2.42. The number of amides is 1. The SMILES string of the molecule is COC(=O)c1cc2c(CCc3cc(C)c4n(c3=O)C(C)(C)NC4=O)ncnc2s1. The van der Waals surface area contributed by atoms with Gasteiger partial charge in [-0.05, 0) is 51.3 Å². The number of fused-ring (bicyclic) bond motifs is 2. The Balaban J connectivity index is 1.70. The Hall–Kier alpha value is -3.07. The van der Waals surface area contributed by atoms with E-state index in [0.717, 1.165) is 16.6 Å². The maximum atomic E-state index is 13.1. The number of thiophene rings is 1. The van der Waals surface area contributed by atoms with Crippen LogP contribution < -0.4 is 10.9 Å². The molecular formula is C20H20N4O4S. The molecule has 0 saturated heterocycles. The smallest absolute Gasteiger partial charge is 0.348 e. The van der Waals surface area contributed by atoms with Crippen molar-refractivity contribution in [1.82, 2.24) is 19.9 Å². The zero-order chi connectivity index (χ0) is 20.9. The first kappa shape index (κ1) is 19.3. The molecule has 0 aromatic carbocycles. The molecule has 3 aromatic heterocycles. The van der Waals surface area contributed by atoms with E-state index in [4.69, 9.17) is 4.74 Å². The fourth-order valence-corrected chi connectivity index (χ4v) is 4.70. The highest BCUT2D eigenvalue weighted by atomic mass is 32.1. The van der Waals surface area contributed by atoms with Gasteiger partial charge in [0.15, 0.2) is 0 Å². The minimum absolute atomic E-state index is 0.181. The molecule has 1 amide bonds. The quantitative estimate of drug-likeness (QED) is 0.659. The van der Waals surface area contributed by atoms with E-state index in [1.165, 1.54) is 29.3 Å². The number of esters is 1. The molecule has 9 heteroatoms. The summed E-state index contributed by atoms with van der Waals surface area (Å²) < 4.78 is 6.32. The molecule has 4 heterocycles. The number of aromatic nitrogens is 3. The Morgan fingerprint density at radius 2 is 2.00 bits per heavy atom. The number of pyridine rings is 1. The Morgan fingerprint density at radius 1 is 1.24 bits per heavy atom. The van der Waals surface area contributed by atoms with Gasteiger partial charge >= 0.3 is 5.97 Å². The summed E-state index contributed by atoms with van der Waals surface area (Å²) >= 11 is 1.25. The third kappa shape index (κ3) is 3.11. The first-order valence-electron chi connectivity index (χ1n) is 9.13. The molecular weight excluding hydrogens is 392 g/mol. The lowest BCUT2D eigenvalue weighted by atomic mass is 10.0. The van der Waals surface area contributed by atoms with Crippen molar-refractivity contribution in [3.8, 4) is 0 Å².